The number of nitrogens with one attached hydrogen (secondary N) is 2. The van der Waals surface area contributed by atoms with Crippen LogP contribution in [-0.4, -0.2) is 66.7 Å². The van der Waals surface area contributed by atoms with Crippen molar-refractivity contribution in [3.05, 3.63) is 23.0 Å². The highest BCUT2D eigenvalue weighted by atomic mass is 27.0. The van der Waals surface area contributed by atoms with Crippen molar-refractivity contribution in [3.8, 4) is 5.75 Å². The van der Waals surface area contributed by atoms with E-state index in [9.17, 15) is 18.8 Å². The topological polar surface area (TPSA) is 103 Å². The Balaban J connectivity index is 3.34. The molecular formula is C21H30AlFN2O6. The molecule has 10 heteroatoms. The first-order valence-corrected chi connectivity index (χ1v) is 10.4. The van der Waals surface area contributed by atoms with E-state index in [-0.39, 0.29) is 40.2 Å². The van der Waals surface area contributed by atoms with Gasteiger partial charge < -0.3 is 24.8 Å². The molecule has 0 spiro atoms. The standard InChI is InChI=1S/C21H30FN2O6.Al/c1-12(2)11-29-19(26)16(24-20(27)30-21(3,4)5)9-13-8-14(22)10-15(17(13)28-7)18(25)23-6;/h8,12,16H,9,11H2,1-7H3,(H,23,25)(H,24,27);. The number of halogens is 1. The molecule has 2 N–H and O–H groups in total. The summed E-state index contributed by atoms with van der Waals surface area (Å²) in [5.41, 5.74) is -0.586. The minimum absolute atomic E-state index is 0.0171. The van der Waals surface area contributed by atoms with Gasteiger partial charge in [0.2, 0.25) is 0 Å². The second-order valence-corrected chi connectivity index (χ2v) is 8.92. The van der Waals surface area contributed by atoms with Gasteiger partial charge in [-0.2, -0.15) is 0 Å². The van der Waals surface area contributed by atoms with E-state index >= 15 is 0 Å². The summed E-state index contributed by atoms with van der Waals surface area (Å²) in [6.07, 6.45) is -1.00. The first kappa shape index (κ1) is 26.7. The summed E-state index contributed by atoms with van der Waals surface area (Å²) in [4.78, 5) is 37.3. The Kier molecular flexibility index (Phi) is 9.79. The highest BCUT2D eigenvalue weighted by molar-refractivity contribution is 6.37. The van der Waals surface area contributed by atoms with Crippen LogP contribution in [0.4, 0.5) is 9.18 Å². The number of ether oxygens (including phenoxy) is 3. The number of amides is 2. The summed E-state index contributed by atoms with van der Waals surface area (Å²) in [7, 11) is 2.74. The lowest BCUT2D eigenvalue weighted by Crippen LogP contribution is -2.46. The second kappa shape index (κ2) is 11.4. The van der Waals surface area contributed by atoms with Crippen LogP contribution in [-0.2, 0) is 20.7 Å². The minimum atomic E-state index is -1.19. The predicted molar refractivity (Wildman–Crippen MR) is 114 cm³/mol. The zero-order chi connectivity index (χ0) is 23.9. The summed E-state index contributed by atoms with van der Waals surface area (Å²) in [5, 5.41) is 4.91. The molecule has 0 heterocycles. The molecule has 0 bridgehead atoms. The van der Waals surface area contributed by atoms with Gasteiger partial charge in [-0.1, -0.05) is 18.3 Å². The Bertz CT molecular complexity index is 823. The van der Waals surface area contributed by atoms with Gasteiger partial charge in [-0.3, -0.25) is 4.79 Å². The van der Waals surface area contributed by atoms with Crippen LogP contribution in [0.1, 0.15) is 50.5 Å². The number of methoxy groups -OCH3 is 1. The maximum Gasteiger partial charge on any atom is 0.408 e. The number of carbonyl (C=O) groups excluding carboxylic acids is 3. The van der Waals surface area contributed by atoms with Gasteiger partial charge in [-0.05, 0) is 32.8 Å². The first-order chi connectivity index (χ1) is 14.3. The monoisotopic (exact) mass is 452 g/mol. The SMILES string of the molecule is CNC(=O)c1[c]([Al])c(F)cc(CC(NC(=O)OC(C)(C)C)C(=O)OCC(C)C)c1OC. The van der Waals surface area contributed by atoms with Crippen LogP contribution in [0.2, 0.25) is 0 Å². The smallest absolute Gasteiger partial charge is 0.408 e. The molecule has 0 aliphatic carbocycles. The fraction of sp³-hybridized carbons (Fsp3) is 0.571. The van der Waals surface area contributed by atoms with E-state index < -0.39 is 35.4 Å². The molecule has 2 amide bonds. The van der Waals surface area contributed by atoms with E-state index in [1.54, 1.807) is 20.8 Å². The highest BCUT2D eigenvalue weighted by Gasteiger charge is 2.29. The van der Waals surface area contributed by atoms with Crippen molar-refractivity contribution >= 4 is 38.7 Å². The number of hydrogen-bond acceptors (Lipinski definition) is 6. The zero-order valence-electron chi connectivity index (χ0n) is 19.1. The lowest BCUT2D eigenvalue weighted by atomic mass is 10.0. The van der Waals surface area contributed by atoms with Gasteiger partial charge >= 0.3 is 12.1 Å². The number of rotatable bonds is 8. The van der Waals surface area contributed by atoms with Gasteiger partial charge in [0.25, 0.3) is 5.91 Å². The molecule has 1 rings (SSSR count). The number of hydrogen-bond donors (Lipinski definition) is 2. The number of alkyl carbamates (subject to hydrolysis) is 1. The third-order valence-corrected chi connectivity index (χ3v) is 4.53. The average Bonchev–Trinajstić information content (AvgIpc) is 2.65. The second-order valence-electron chi connectivity index (χ2n) is 8.35. The molecule has 170 valence electrons. The molecule has 1 unspecified atom stereocenters. The van der Waals surface area contributed by atoms with E-state index in [2.05, 4.69) is 26.9 Å². The Labute approximate surface area is 190 Å². The predicted octanol–water partition coefficient (Wildman–Crippen LogP) is 1.62. The van der Waals surface area contributed by atoms with Crippen LogP contribution in [0.15, 0.2) is 6.07 Å². The van der Waals surface area contributed by atoms with Crippen LogP contribution >= 0.6 is 0 Å². The summed E-state index contributed by atoms with van der Waals surface area (Å²) in [6.45, 7) is 8.94. The highest BCUT2D eigenvalue weighted by Crippen LogP contribution is 2.26. The molecule has 0 aromatic heterocycles. The van der Waals surface area contributed by atoms with Crippen molar-refractivity contribution in [1.82, 2.24) is 10.6 Å². The van der Waals surface area contributed by atoms with Crippen molar-refractivity contribution in [2.24, 2.45) is 5.92 Å². The molecule has 0 saturated heterocycles. The molecule has 0 fully saturated rings. The van der Waals surface area contributed by atoms with Crippen LogP contribution in [0.5, 0.6) is 5.75 Å². The third-order valence-electron chi connectivity index (χ3n) is 3.96. The van der Waals surface area contributed by atoms with Crippen LogP contribution in [0, 0.1) is 11.7 Å². The van der Waals surface area contributed by atoms with Gasteiger partial charge in [-0.25, -0.2) is 14.0 Å². The van der Waals surface area contributed by atoms with Gasteiger partial charge in [-0.15, -0.1) is 0 Å². The molecule has 1 aromatic carbocycles. The summed E-state index contributed by atoms with van der Waals surface area (Å²) in [6, 6.07) is -0.0255. The van der Waals surface area contributed by atoms with E-state index in [4.69, 9.17) is 14.2 Å². The average molecular weight is 452 g/mol. The van der Waals surface area contributed by atoms with Crippen LogP contribution in [0.25, 0.3) is 0 Å². The number of carbonyl (C=O) groups is 3. The fourth-order valence-electron chi connectivity index (χ4n) is 2.65. The lowest BCUT2D eigenvalue weighted by molar-refractivity contribution is -0.147. The normalized spacial score (nSPS) is 12.2. The van der Waals surface area contributed by atoms with E-state index in [1.807, 2.05) is 13.8 Å². The van der Waals surface area contributed by atoms with Gasteiger partial charge in [0.15, 0.2) is 16.3 Å². The molecule has 8 nitrogen and oxygen atoms in total. The minimum Gasteiger partial charge on any atom is -0.496 e. The quantitative estimate of drug-likeness (QED) is 0.459. The third kappa shape index (κ3) is 8.04. The summed E-state index contributed by atoms with van der Waals surface area (Å²) in [5.74, 6) is -1.76. The molecule has 1 atom stereocenters. The van der Waals surface area contributed by atoms with Crippen molar-refractivity contribution < 1.29 is 33.0 Å². The first-order valence-electron chi connectivity index (χ1n) is 9.83. The Morgan fingerprint density at radius 2 is 1.84 bits per heavy atom. The molecule has 1 aromatic rings. The van der Waals surface area contributed by atoms with Crippen molar-refractivity contribution in [3.63, 3.8) is 0 Å². The molecule has 0 aliphatic heterocycles. The Hall–Kier alpha value is -2.31. The van der Waals surface area contributed by atoms with Crippen LogP contribution in [0.3, 0.4) is 0 Å². The van der Waals surface area contributed by atoms with Gasteiger partial charge in [0.05, 0.1) is 19.3 Å². The molecule has 31 heavy (non-hydrogen) atoms. The number of esters is 1. The van der Waals surface area contributed by atoms with Crippen molar-refractivity contribution in [1.29, 1.82) is 0 Å². The van der Waals surface area contributed by atoms with Gasteiger partial charge in [0.1, 0.15) is 23.2 Å². The molecule has 0 saturated carbocycles. The summed E-state index contributed by atoms with van der Waals surface area (Å²) >= 11 is 2.17. The molecule has 0 aliphatic rings. The maximum absolute atomic E-state index is 14.6. The fourth-order valence-corrected chi connectivity index (χ4v) is 2.99. The van der Waals surface area contributed by atoms with E-state index in [0.29, 0.717) is 0 Å². The van der Waals surface area contributed by atoms with Gasteiger partial charge in [0, 0.05) is 19.0 Å². The Morgan fingerprint density at radius 1 is 1.23 bits per heavy atom. The number of benzene rings is 1. The lowest BCUT2D eigenvalue weighted by Gasteiger charge is -2.24. The molecule has 2 radical (unpaired) electrons. The zero-order valence-corrected chi connectivity index (χ0v) is 20.2. The molecular weight excluding hydrogens is 422 g/mol. The largest absolute Gasteiger partial charge is 0.496 e. The van der Waals surface area contributed by atoms with E-state index in [1.165, 1.54) is 14.2 Å². The summed E-state index contributed by atoms with van der Waals surface area (Å²) < 4.78 is 30.4. The van der Waals surface area contributed by atoms with Crippen molar-refractivity contribution in [2.75, 3.05) is 20.8 Å². The Morgan fingerprint density at radius 3 is 2.32 bits per heavy atom. The van der Waals surface area contributed by atoms with Crippen molar-refractivity contribution in [2.45, 2.75) is 52.7 Å². The van der Waals surface area contributed by atoms with E-state index in [0.717, 1.165) is 6.07 Å². The maximum atomic E-state index is 14.6. The van der Waals surface area contributed by atoms with Crippen LogP contribution < -0.4 is 19.8 Å².